The summed E-state index contributed by atoms with van der Waals surface area (Å²) in [5.41, 5.74) is -5.47. The number of ether oxygens (including phenoxy) is 8. The Morgan fingerprint density at radius 3 is 1.02 bits per heavy atom. The fourth-order valence-electron chi connectivity index (χ4n) is 16.1. The molecule has 24 atom stereocenters. The number of anilines is 1. The number of hydrogen-bond acceptors (Lipinski definition) is 34. The topological polar surface area (TPSA) is 514 Å². The van der Waals surface area contributed by atoms with Crippen molar-refractivity contribution in [1.29, 1.82) is 0 Å². The highest BCUT2D eigenvalue weighted by Crippen LogP contribution is 2.48. The van der Waals surface area contributed by atoms with E-state index in [0.717, 1.165) is 48.0 Å². The summed E-state index contributed by atoms with van der Waals surface area (Å²) in [4.78, 5) is 68.2. The van der Waals surface area contributed by atoms with Crippen LogP contribution < -0.4 is 34.0 Å². The molecule has 0 radical (unpaired) electrons. The lowest BCUT2D eigenvalue weighted by molar-refractivity contribution is -0.0771. The van der Waals surface area contributed by atoms with E-state index in [1.165, 1.54) is 99.7 Å². The van der Waals surface area contributed by atoms with Gasteiger partial charge in [0.2, 0.25) is 10.6 Å². The molecule has 9 aliphatic heterocycles. The summed E-state index contributed by atoms with van der Waals surface area (Å²) in [6, 6.07) is 5.89. The standard InChI is InChI=1S/C11H15F2N3O2.2C10H12F2N2O3S.C10H12F2N2O2S2.C10H14FN3O2S.2C10H13FN2O3S.C10H13FN2O2S2/c1-6-15-9(14)8(12)4-16(6)10-11(2,13)3-7(5-17)18-10;1-10(12)2-5(4-15)17-8(10)14-3-6(11)7(18)13-9(14)16;1-10(12)2-5(4-15)17-8(10)14-3-6(11)7(16)13-9(14)18;1-10(12)2-5(4-15)16-8(10)14-3-6(11)7(17)13-9(14)18;1-10(11)4-6(5-15)16-8(10)14-3-2-7(12)13-9(14)17;1-10(11)4-6(5-14)16-8(10)13-3-2-7(17)12-9(13)15;1-10(11)4-6(5-14)16-8(10)13-3-2-7(15)12-9(13)17;1-10(11)4-6(5-14)15-8(10)13-3-2-7(16)12-9(13)17/h4,7,10,17H,1,3,5H2,2H3,(H2,14,15);2*3,5,8,15H,2,4H2,1H3,(H,13,16,18);3,5,8,15H,2,4H2,1H3,(H,13,17,18);2-3,6,8,15H,4-5H2,1H3,(H2,12,13,17);2*2-3,6,8,14H,4-5H2,1H3,(H,12,15,17);2-3,6,8,14H,4-5H2,1H3,(H,12,16,17)/t7-,10+,11?;3*5-,8+,10?;4*6-,8+,10?/m00000000/s1. The molecule has 7 aromatic rings. The molecule has 8 saturated heterocycles. The van der Waals surface area contributed by atoms with E-state index >= 15 is 0 Å². The number of aliphatic hydroxyl groups excluding tert-OH is 8. The average molecular weight is 2170 g/mol. The van der Waals surface area contributed by atoms with Gasteiger partial charge in [0.05, 0.1) is 114 Å². The van der Waals surface area contributed by atoms with E-state index in [1.54, 1.807) is 18.5 Å². The Balaban J connectivity index is 0.000000179. The molecule has 776 valence electrons. The summed E-state index contributed by atoms with van der Waals surface area (Å²) in [5.74, 6) is -3.30. The number of nitrogen functional groups attached to an aromatic ring is 1. The third kappa shape index (κ3) is 28.3. The van der Waals surface area contributed by atoms with Crippen LogP contribution in [-0.4, -0.2) is 272 Å². The lowest BCUT2D eigenvalue weighted by Gasteiger charge is -2.33. The van der Waals surface area contributed by atoms with E-state index in [0.29, 0.717) is 9.41 Å². The number of aromatic amines is 6. The van der Waals surface area contributed by atoms with Crippen LogP contribution in [0.2, 0.25) is 0 Å². The van der Waals surface area contributed by atoms with Crippen molar-refractivity contribution in [2.75, 3.05) is 58.6 Å². The molecule has 18 N–H and O–H groups in total. The number of H-pyrrole nitrogens is 6. The van der Waals surface area contributed by atoms with Crippen molar-refractivity contribution >= 4 is 122 Å². The van der Waals surface area contributed by atoms with Gasteiger partial charge >= 0.3 is 11.4 Å². The smallest absolute Gasteiger partial charge is 0.328 e. The Morgan fingerprint density at radius 2 is 0.657 bits per heavy atom. The highest BCUT2D eigenvalue weighted by Gasteiger charge is 2.55. The Kier molecular flexibility index (Phi) is 39.0. The summed E-state index contributed by atoms with van der Waals surface area (Å²) in [6.45, 7) is 12.1. The zero-order valence-electron chi connectivity index (χ0n) is 75.5. The van der Waals surface area contributed by atoms with E-state index in [4.69, 9.17) is 188 Å². The van der Waals surface area contributed by atoms with Crippen LogP contribution >= 0.6 is 110 Å². The van der Waals surface area contributed by atoms with Crippen LogP contribution in [0.15, 0.2) is 116 Å². The van der Waals surface area contributed by atoms with Crippen LogP contribution in [0, 0.1) is 59.9 Å². The first-order chi connectivity index (χ1) is 65.1. The van der Waals surface area contributed by atoms with Gasteiger partial charge in [-0.3, -0.25) is 61.5 Å². The quantitative estimate of drug-likeness (QED) is 0.0316. The molecule has 0 bridgehead atoms. The highest BCUT2D eigenvalue weighted by atomic mass is 32.1. The molecular formula is C81H104F12N18O20S9. The molecule has 9 aliphatic rings. The molecule has 7 aromatic heterocycles. The van der Waals surface area contributed by atoms with Crippen molar-refractivity contribution in [3.63, 3.8) is 0 Å². The van der Waals surface area contributed by atoms with Crippen LogP contribution in [0.5, 0.6) is 0 Å². The molecule has 0 aromatic carbocycles. The SMILES string of the molecule is C=C1N=C(N)C(F)=CN1[C@@H]1O[C@H](CO)CC1(C)F.CC1(F)C[C@@H](CO)O[C@H]1n1cc(F)c(=O)[nH]c1=S.CC1(F)C[C@@H](CO)O[C@H]1n1cc(F)c(=S)[nH]c1=O.CC1(F)C[C@@H](CO)O[C@H]1n1cc(F)c(=S)[nH]c1=S.CC1(F)C[C@@H](CO)O[C@H]1n1ccc(=O)[nH]c1=S.CC1(F)C[C@@H](CO)O[C@H]1n1ccc(=S)[nH]c1=O.CC1(F)C[C@@H](CO)O[C@H]1n1ccc(=S)[nH]c1=S.CC1(F)C[C@@H](CO)O[C@H]1n1ccc(N)nc1=S. The van der Waals surface area contributed by atoms with Gasteiger partial charge < -0.3 is 105 Å². The number of rotatable bonds is 16. The zero-order chi connectivity index (χ0) is 105. The normalized spacial score (nSPS) is 32.9. The number of nitrogens with two attached hydrogens (primary N) is 2. The predicted octanol–water partition coefficient (Wildman–Crippen LogP) is 10.6. The molecule has 0 amide bonds. The largest absolute Gasteiger partial charge is 0.394 e. The maximum absolute atomic E-state index is 14.3. The lowest BCUT2D eigenvalue weighted by atomic mass is 10.0. The number of amidine groups is 1. The van der Waals surface area contributed by atoms with Gasteiger partial charge in [0.25, 0.3) is 11.1 Å². The second kappa shape index (κ2) is 47.3. The van der Waals surface area contributed by atoms with Crippen molar-refractivity contribution in [2.24, 2.45) is 10.7 Å². The molecule has 38 nitrogen and oxygen atoms in total. The second-order valence-corrected chi connectivity index (χ2v) is 38.6. The average Bonchev–Trinajstić information content (AvgIpc) is 1.63. The summed E-state index contributed by atoms with van der Waals surface area (Å²) in [6.07, 6.45) is -3.19. The number of halogens is 12. The molecule has 0 saturated carbocycles. The van der Waals surface area contributed by atoms with Gasteiger partial charge in [0.15, 0.2) is 138 Å². The Hall–Kier alpha value is -8.19. The van der Waals surface area contributed by atoms with Crippen LogP contribution in [-0.2, 0) is 37.9 Å². The number of aliphatic hydroxyl groups is 8. The molecule has 16 rings (SSSR count). The van der Waals surface area contributed by atoms with Crippen LogP contribution in [0.3, 0.4) is 0 Å². The van der Waals surface area contributed by atoms with Gasteiger partial charge in [0.1, 0.15) is 30.2 Å². The molecule has 8 unspecified atom stereocenters. The maximum atomic E-state index is 14.3. The van der Waals surface area contributed by atoms with E-state index in [2.05, 4.69) is 58.7 Å². The molecule has 0 spiro atoms. The minimum Gasteiger partial charge on any atom is -0.394 e. The van der Waals surface area contributed by atoms with Crippen molar-refractivity contribution in [3.8, 4) is 0 Å². The van der Waals surface area contributed by atoms with Crippen molar-refractivity contribution < 1.29 is 131 Å². The summed E-state index contributed by atoms with van der Waals surface area (Å²) in [5, 5.41) is 71.9. The van der Waals surface area contributed by atoms with Gasteiger partial charge in [-0.25, -0.2) is 67.9 Å². The molecular weight excluding hydrogens is 2060 g/mol. The molecule has 140 heavy (non-hydrogen) atoms. The summed E-state index contributed by atoms with van der Waals surface area (Å²) >= 11 is 43.8. The van der Waals surface area contributed by atoms with Gasteiger partial charge in [-0.1, -0.05) is 55.5 Å². The number of nitrogens with zero attached hydrogens (tertiary/aromatic N) is 10. The van der Waals surface area contributed by atoms with E-state index in [9.17, 15) is 71.9 Å². The van der Waals surface area contributed by atoms with Gasteiger partial charge in [0, 0.05) is 94.6 Å². The highest BCUT2D eigenvalue weighted by molar-refractivity contribution is 7.72. The minimum atomic E-state index is -1.87. The lowest BCUT2D eigenvalue weighted by Crippen LogP contribution is -2.44. The van der Waals surface area contributed by atoms with Gasteiger partial charge in [-0.2, -0.15) is 4.39 Å². The minimum absolute atomic E-state index is 0.0204. The monoisotopic (exact) mass is 2160 g/mol. The summed E-state index contributed by atoms with van der Waals surface area (Å²) < 4.78 is 220. The molecule has 0 aliphatic carbocycles. The van der Waals surface area contributed by atoms with Crippen LogP contribution in [0.25, 0.3) is 0 Å². The number of aliphatic imine (C=N–C) groups is 1. The Bertz CT molecular complexity index is 6000. The van der Waals surface area contributed by atoms with Crippen LogP contribution in [0.1, 0.15) is 150 Å². The first-order valence-electron chi connectivity index (χ1n) is 42.3. The van der Waals surface area contributed by atoms with E-state index < -0.39 is 184 Å². The Morgan fingerprint density at radius 1 is 0.371 bits per heavy atom. The van der Waals surface area contributed by atoms with Crippen molar-refractivity contribution in [2.45, 2.75) is 251 Å². The van der Waals surface area contributed by atoms with Crippen molar-refractivity contribution in [3.05, 3.63) is 194 Å². The number of aromatic nitrogens is 14. The molecule has 16 heterocycles. The number of alkyl halides is 8. The third-order valence-electron chi connectivity index (χ3n) is 22.6. The zero-order valence-corrected chi connectivity index (χ0v) is 82.8. The first-order valence-corrected chi connectivity index (χ1v) is 46.0. The fraction of sp³-hybridized carbons (Fsp3) is 0.593. The summed E-state index contributed by atoms with van der Waals surface area (Å²) in [7, 11) is 0. The van der Waals surface area contributed by atoms with Gasteiger partial charge in [-0.05, 0) is 135 Å². The number of nitrogens with one attached hydrogen (secondary N) is 6. The van der Waals surface area contributed by atoms with E-state index in [1.807, 2.05) is 0 Å². The third-order valence-corrected chi connectivity index (χ3v) is 25.2. The van der Waals surface area contributed by atoms with E-state index in [-0.39, 0.29) is 160 Å². The predicted molar refractivity (Wildman–Crippen MR) is 499 cm³/mol. The maximum Gasteiger partial charge on any atom is 0.328 e. The van der Waals surface area contributed by atoms with Crippen LogP contribution in [0.4, 0.5) is 58.5 Å². The first kappa shape index (κ1) is 115. The fourth-order valence-corrected chi connectivity index (χ4v) is 18.1. The molecule has 59 heteroatoms. The van der Waals surface area contributed by atoms with Crippen molar-refractivity contribution in [1.82, 2.24) is 71.8 Å². The molecule has 8 fully saturated rings. The second-order valence-electron chi connectivity index (χ2n) is 35.0. The van der Waals surface area contributed by atoms with Gasteiger partial charge in [-0.15, -0.1) is 0 Å². The number of hydrogen-bond donors (Lipinski definition) is 16. The Labute approximate surface area is 833 Å².